The van der Waals surface area contributed by atoms with Crippen LogP contribution < -0.4 is 5.90 Å². The van der Waals surface area contributed by atoms with E-state index in [0.29, 0.717) is 13.2 Å². The van der Waals surface area contributed by atoms with E-state index in [4.69, 9.17) is 15.4 Å². The van der Waals surface area contributed by atoms with Crippen molar-refractivity contribution >= 4 is 0 Å². The highest BCUT2D eigenvalue weighted by atomic mass is 16.7. The Morgan fingerprint density at radius 1 is 1.64 bits per heavy atom. The van der Waals surface area contributed by atoms with E-state index in [1.54, 1.807) is 0 Å². The molecule has 0 saturated carbocycles. The molecule has 1 aliphatic heterocycles. The lowest BCUT2D eigenvalue weighted by Gasteiger charge is -2.16. The molecule has 4 heteroatoms. The number of hydrogen-bond acceptors (Lipinski definition) is 4. The molecule has 4 nitrogen and oxygen atoms in total. The summed E-state index contributed by atoms with van der Waals surface area (Å²) in [5.74, 6) is 4.45. The number of hydrogen-bond donors (Lipinski definition) is 1. The number of rotatable bonds is 3. The third kappa shape index (κ3) is 2.75. The van der Waals surface area contributed by atoms with Gasteiger partial charge in [-0.3, -0.25) is 0 Å². The Morgan fingerprint density at radius 3 is 2.82 bits per heavy atom. The van der Waals surface area contributed by atoms with Crippen LogP contribution >= 0.6 is 0 Å². The van der Waals surface area contributed by atoms with Gasteiger partial charge in [-0.25, -0.2) is 5.90 Å². The van der Waals surface area contributed by atoms with Gasteiger partial charge in [0, 0.05) is 6.42 Å². The molecule has 2 N–H and O–H groups in total. The predicted molar refractivity (Wildman–Crippen MR) is 39.7 cm³/mol. The molecular formula is C7H15NO3. The second-order valence-corrected chi connectivity index (χ2v) is 3.11. The third-order valence-electron chi connectivity index (χ3n) is 1.62. The molecule has 0 aliphatic carbocycles. The molecule has 66 valence electrons. The summed E-state index contributed by atoms with van der Waals surface area (Å²) in [6.07, 6.45) is 0.925. The normalized spacial score (nSPS) is 29.2. The van der Waals surface area contributed by atoms with E-state index < -0.39 is 5.79 Å². The topological polar surface area (TPSA) is 53.7 Å². The van der Waals surface area contributed by atoms with Gasteiger partial charge in [-0.05, 0) is 13.8 Å². The van der Waals surface area contributed by atoms with Crippen LogP contribution in [0.5, 0.6) is 0 Å². The molecular weight excluding hydrogens is 146 g/mol. The zero-order chi connectivity index (χ0) is 8.32. The van der Waals surface area contributed by atoms with Crippen LogP contribution in [-0.2, 0) is 14.3 Å². The van der Waals surface area contributed by atoms with Crippen LogP contribution in [0.3, 0.4) is 0 Å². The molecule has 1 unspecified atom stereocenters. The Balaban J connectivity index is 2.20. The maximum Gasteiger partial charge on any atom is 0.163 e. The van der Waals surface area contributed by atoms with Gasteiger partial charge in [0.2, 0.25) is 0 Å². The summed E-state index contributed by atoms with van der Waals surface area (Å²) < 4.78 is 10.8. The molecule has 1 fully saturated rings. The zero-order valence-electron chi connectivity index (χ0n) is 7.00. The molecule has 0 aromatic carbocycles. The van der Waals surface area contributed by atoms with Gasteiger partial charge < -0.3 is 14.3 Å². The summed E-state index contributed by atoms with van der Waals surface area (Å²) in [5, 5.41) is 0. The molecule has 1 aliphatic rings. The van der Waals surface area contributed by atoms with Crippen molar-refractivity contribution in [3.05, 3.63) is 0 Å². The predicted octanol–water partition coefficient (Wildman–Crippen LogP) is 0.418. The van der Waals surface area contributed by atoms with Crippen molar-refractivity contribution in [1.29, 1.82) is 0 Å². The molecule has 0 bridgehead atoms. The molecule has 0 aromatic rings. The standard InChI is InChI=1S/C7H15NO3/c1-7(2)9-5-6(11-7)3-4-10-8/h6H,3-5,8H2,1-2H3. The van der Waals surface area contributed by atoms with E-state index in [-0.39, 0.29) is 6.10 Å². The van der Waals surface area contributed by atoms with Gasteiger partial charge in [0.25, 0.3) is 0 Å². The average molecular weight is 161 g/mol. The van der Waals surface area contributed by atoms with E-state index >= 15 is 0 Å². The molecule has 1 saturated heterocycles. The Labute approximate surface area is 66.6 Å². The molecule has 0 spiro atoms. The summed E-state index contributed by atoms with van der Waals surface area (Å²) in [6, 6.07) is 0. The minimum Gasteiger partial charge on any atom is -0.348 e. The number of ether oxygens (including phenoxy) is 2. The minimum absolute atomic E-state index is 0.133. The molecule has 0 aromatic heterocycles. The fraction of sp³-hybridized carbons (Fsp3) is 1.00. The Hall–Kier alpha value is -0.160. The van der Waals surface area contributed by atoms with Crippen LogP contribution in [0.2, 0.25) is 0 Å². The molecule has 1 rings (SSSR count). The van der Waals surface area contributed by atoms with Gasteiger partial charge in [0.05, 0.1) is 19.3 Å². The quantitative estimate of drug-likeness (QED) is 0.609. The van der Waals surface area contributed by atoms with E-state index in [1.807, 2.05) is 13.8 Å². The Kier molecular flexibility index (Phi) is 2.84. The van der Waals surface area contributed by atoms with Crippen LogP contribution in [0.4, 0.5) is 0 Å². The minimum atomic E-state index is -0.431. The van der Waals surface area contributed by atoms with Crippen molar-refractivity contribution in [2.75, 3.05) is 13.2 Å². The van der Waals surface area contributed by atoms with E-state index in [9.17, 15) is 0 Å². The van der Waals surface area contributed by atoms with Crippen molar-refractivity contribution in [1.82, 2.24) is 0 Å². The average Bonchev–Trinajstić information content (AvgIpc) is 2.26. The fourth-order valence-electron chi connectivity index (χ4n) is 1.10. The van der Waals surface area contributed by atoms with Crippen LogP contribution in [0.25, 0.3) is 0 Å². The van der Waals surface area contributed by atoms with Crippen molar-refractivity contribution in [3.63, 3.8) is 0 Å². The highest BCUT2D eigenvalue weighted by Gasteiger charge is 2.31. The highest BCUT2D eigenvalue weighted by molar-refractivity contribution is 4.70. The molecule has 0 radical (unpaired) electrons. The molecule has 1 heterocycles. The van der Waals surface area contributed by atoms with Gasteiger partial charge in [-0.15, -0.1) is 0 Å². The lowest BCUT2D eigenvalue weighted by molar-refractivity contribution is -0.140. The SMILES string of the molecule is CC1(C)OCC(CCON)O1. The first-order valence-electron chi connectivity index (χ1n) is 3.77. The van der Waals surface area contributed by atoms with Gasteiger partial charge >= 0.3 is 0 Å². The largest absolute Gasteiger partial charge is 0.348 e. The lowest BCUT2D eigenvalue weighted by Crippen LogP contribution is -2.22. The van der Waals surface area contributed by atoms with Crippen molar-refractivity contribution in [2.24, 2.45) is 5.90 Å². The van der Waals surface area contributed by atoms with E-state index in [0.717, 1.165) is 6.42 Å². The van der Waals surface area contributed by atoms with Crippen molar-refractivity contribution in [3.8, 4) is 0 Å². The van der Waals surface area contributed by atoms with Crippen molar-refractivity contribution < 1.29 is 14.3 Å². The highest BCUT2D eigenvalue weighted by Crippen LogP contribution is 2.23. The van der Waals surface area contributed by atoms with E-state index in [2.05, 4.69) is 4.84 Å². The Bertz CT molecular complexity index is 127. The fourth-order valence-corrected chi connectivity index (χ4v) is 1.10. The zero-order valence-corrected chi connectivity index (χ0v) is 7.00. The van der Waals surface area contributed by atoms with Gasteiger partial charge in [-0.2, -0.15) is 0 Å². The van der Waals surface area contributed by atoms with Crippen LogP contribution in [0.15, 0.2) is 0 Å². The summed E-state index contributed by atoms with van der Waals surface area (Å²) >= 11 is 0. The first-order chi connectivity index (χ1) is 5.14. The number of nitrogens with two attached hydrogens (primary N) is 1. The summed E-state index contributed by atoms with van der Waals surface area (Å²) in [7, 11) is 0. The van der Waals surface area contributed by atoms with Gasteiger partial charge in [0.1, 0.15) is 0 Å². The Morgan fingerprint density at radius 2 is 2.36 bits per heavy atom. The molecule has 1 atom stereocenters. The van der Waals surface area contributed by atoms with E-state index in [1.165, 1.54) is 0 Å². The first kappa shape index (κ1) is 8.93. The second kappa shape index (κ2) is 3.49. The summed E-state index contributed by atoms with van der Waals surface area (Å²) in [4.78, 5) is 4.44. The van der Waals surface area contributed by atoms with Crippen molar-refractivity contribution in [2.45, 2.75) is 32.2 Å². The monoisotopic (exact) mass is 161 g/mol. The molecule has 0 amide bonds. The van der Waals surface area contributed by atoms with Crippen LogP contribution in [-0.4, -0.2) is 25.1 Å². The maximum atomic E-state index is 5.49. The lowest BCUT2D eigenvalue weighted by atomic mass is 10.3. The first-order valence-corrected chi connectivity index (χ1v) is 3.77. The van der Waals surface area contributed by atoms with Gasteiger partial charge in [-0.1, -0.05) is 0 Å². The maximum absolute atomic E-state index is 5.49. The smallest absolute Gasteiger partial charge is 0.163 e. The summed E-state index contributed by atoms with van der Waals surface area (Å²) in [5.41, 5.74) is 0. The van der Waals surface area contributed by atoms with Gasteiger partial charge in [0.15, 0.2) is 5.79 Å². The second-order valence-electron chi connectivity index (χ2n) is 3.11. The van der Waals surface area contributed by atoms with Crippen LogP contribution in [0.1, 0.15) is 20.3 Å². The molecule has 11 heavy (non-hydrogen) atoms. The van der Waals surface area contributed by atoms with Crippen LogP contribution in [0, 0.1) is 0 Å². The third-order valence-corrected chi connectivity index (χ3v) is 1.62. The summed E-state index contributed by atoms with van der Waals surface area (Å²) in [6.45, 7) is 4.95.